The second-order valence-corrected chi connectivity index (χ2v) is 19.0. The van der Waals surface area contributed by atoms with E-state index in [1.54, 1.807) is 6.92 Å². The smallest absolute Gasteiger partial charge is 0.166 e. The number of rotatable bonds is 0. The molecule has 3 heteroatoms. The molecule has 0 nitrogen and oxygen atoms in total. The molecule has 9 rings (SSSR count). The Labute approximate surface area is 414 Å². The van der Waals surface area contributed by atoms with Gasteiger partial charge in [-0.25, -0.2) is 0 Å². The minimum absolute atomic E-state index is 0.285. The first kappa shape index (κ1) is 56.6. The summed E-state index contributed by atoms with van der Waals surface area (Å²) in [6.07, 6.45) is -4.21. The Kier molecular flexibility index (Phi) is 22.9. The predicted octanol–water partition coefficient (Wildman–Crippen LogP) is 19.8. The van der Waals surface area contributed by atoms with E-state index in [1.807, 2.05) is 18.2 Å². The van der Waals surface area contributed by atoms with Gasteiger partial charge in [0, 0.05) is 0 Å². The van der Waals surface area contributed by atoms with Crippen LogP contribution in [-0.4, -0.2) is 0 Å². The lowest BCUT2D eigenvalue weighted by Gasteiger charge is -2.18. The number of halogens is 3. The second-order valence-electron chi connectivity index (χ2n) is 19.0. The van der Waals surface area contributed by atoms with Crippen LogP contribution in [-0.2, 0) is 11.6 Å². The number of hydrogen-bond donors (Lipinski definition) is 0. The van der Waals surface area contributed by atoms with Gasteiger partial charge in [-0.3, -0.25) is 0 Å². The molecule has 0 heterocycles. The van der Waals surface area contributed by atoms with Crippen LogP contribution in [0.15, 0.2) is 200 Å². The summed E-state index contributed by atoms with van der Waals surface area (Å²) in [5.74, 6) is 0. The topological polar surface area (TPSA) is 0 Å². The summed E-state index contributed by atoms with van der Waals surface area (Å²) < 4.78 is 35.8. The third-order valence-corrected chi connectivity index (χ3v) is 11.4. The lowest BCUT2D eigenvalue weighted by atomic mass is 9.87. The summed E-state index contributed by atoms with van der Waals surface area (Å²) in [6, 6.07) is 66.7. The number of benzene rings is 9. The molecule has 9 aromatic carbocycles. The zero-order valence-corrected chi connectivity index (χ0v) is 43.7. The standard InChI is InChI=1S/2C11H10.C11H16.C10H14.C8H7F3.C8H10.C7H8/c1-9-5-4-7-10-6-2-3-8-11(9)10;1-9-6-7-10-4-2-3-5-11(10)8-9;1-9-5-7-10(8-6-9)11(2,3)4;1-7-5-8(2)10(4)9(3)6-7;1-6-2-4-7(5-3-6)8(9,10)11;1-7-3-5-8(2)6-4-7;1-7-5-3-2-4-6-7/h2*2-8H,1H3;5-8H,1-4H3;5-6H,1-4H3;2-5H,1H3;3-6H,1-2H3;2-6H,1H3. The first-order chi connectivity index (χ1) is 32.5. The molecule has 0 fully saturated rings. The summed E-state index contributed by atoms with van der Waals surface area (Å²) in [6.45, 7) is 29.7. The van der Waals surface area contributed by atoms with Gasteiger partial charge >= 0.3 is 6.18 Å². The molecule has 0 aromatic heterocycles. The van der Waals surface area contributed by atoms with Crippen LogP contribution in [0.5, 0.6) is 0 Å². The van der Waals surface area contributed by atoms with Gasteiger partial charge in [-0.2, -0.15) is 13.2 Å². The van der Waals surface area contributed by atoms with Crippen molar-refractivity contribution < 1.29 is 13.2 Å². The maximum Gasteiger partial charge on any atom is 0.416 e. The fourth-order valence-electron chi connectivity index (χ4n) is 6.92. The van der Waals surface area contributed by atoms with Crippen LogP contribution < -0.4 is 0 Å². The SMILES string of the molecule is Cc1cc(C)c(C)c(C)c1.Cc1ccc(C(C)(C)C)cc1.Cc1ccc(C(F)(F)F)cc1.Cc1ccc(C)cc1.Cc1ccc2ccccc2c1.Cc1cccc2ccccc12.Cc1ccccc1. The van der Waals surface area contributed by atoms with Gasteiger partial charge in [0.1, 0.15) is 0 Å². The van der Waals surface area contributed by atoms with Gasteiger partial charge in [0.2, 0.25) is 0 Å². The van der Waals surface area contributed by atoms with E-state index in [-0.39, 0.29) is 5.41 Å². The number of alkyl halides is 3. The molecule has 0 aliphatic carbocycles. The Morgan fingerprint density at radius 2 is 0.652 bits per heavy atom. The molecule has 69 heavy (non-hydrogen) atoms. The van der Waals surface area contributed by atoms with Crippen molar-refractivity contribution in [2.24, 2.45) is 0 Å². The molecule has 0 bridgehead atoms. The summed E-state index contributed by atoms with van der Waals surface area (Å²) in [5.41, 5.74) is 15.5. The van der Waals surface area contributed by atoms with Crippen LogP contribution in [0.25, 0.3) is 21.5 Å². The fraction of sp³-hybridized carbons (Fsp3) is 0.242. The van der Waals surface area contributed by atoms with Crippen LogP contribution in [0.1, 0.15) is 93.1 Å². The summed E-state index contributed by atoms with van der Waals surface area (Å²) in [5, 5.41) is 5.33. The van der Waals surface area contributed by atoms with Crippen molar-refractivity contribution in [1.82, 2.24) is 0 Å². The zero-order valence-electron chi connectivity index (χ0n) is 43.7. The van der Waals surface area contributed by atoms with E-state index in [4.69, 9.17) is 0 Å². The van der Waals surface area contributed by atoms with Crippen molar-refractivity contribution in [3.05, 3.63) is 273 Å². The maximum atomic E-state index is 11.9. The molecule has 0 saturated carbocycles. The van der Waals surface area contributed by atoms with Crippen LogP contribution in [0.3, 0.4) is 0 Å². The van der Waals surface area contributed by atoms with Gasteiger partial charge in [0.05, 0.1) is 5.56 Å². The molecule has 0 N–H and O–H groups in total. The van der Waals surface area contributed by atoms with E-state index in [1.165, 1.54) is 94.9 Å². The van der Waals surface area contributed by atoms with Crippen molar-refractivity contribution >= 4 is 21.5 Å². The predicted molar refractivity (Wildman–Crippen MR) is 296 cm³/mol. The van der Waals surface area contributed by atoms with Gasteiger partial charge in [0.25, 0.3) is 0 Å². The van der Waals surface area contributed by atoms with Gasteiger partial charge in [-0.05, 0) is 143 Å². The molecule has 0 aliphatic heterocycles. The molecule has 0 aliphatic rings. The van der Waals surface area contributed by atoms with Crippen LogP contribution >= 0.6 is 0 Å². The lowest BCUT2D eigenvalue weighted by Crippen LogP contribution is -2.10. The summed E-state index contributed by atoms with van der Waals surface area (Å²) in [4.78, 5) is 0. The van der Waals surface area contributed by atoms with E-state index < -0.39 is 11.7 Å². The average molecular weight is 925 g/mol. The first-order valence-corrected chi connectivity index (χ1v) is 23.7. The third kappa shape index (κ3) is 21.4. The Hall–Kier alpha value is -6.71. The summed E-state index contributed by atoms with van der Waals surface area (Å²) >= 11 is 0. The Bertz CT molecular complexity index is 2750. The molecule has 0 radical (unpaired) electrons. The Balaban J connectivity index is 0.000000214. The second kappa shape index (κ2) is 27.9. The van der Waals surface area contributed by atoms with Gasteiger partial charge in [0.15, 0.2) is 0 Å². The molecule has 360 valence electrons. The minimum atomic E-state index is -4.21. The van der Waals surface area contributed by atoms with Crippen LogP contribution in [0.2, 0.25) is 0 Å². The van der Waals surface area contributed by atoms with Crippen molar-refractivity contribution in [2.45, 2.75) is 109 Å². The molecule has 0 atom stereocenters. The largest absolute Gasteiger partial charge is 0.416 e. The maximum absolute atomic E-state index is 11.9. The van der Waals surface area contributed by atoms with Crippen molar-refractivity contribution in [3.8, 4) is 0 Å². The molecular formula is C66H75F3. The Morgan fingerprint density at radius 1 is 0.275 bits per heavy atom. The van der Waals surface area contributed by atoms with Gasteiger partial charge in [-0.1, -0.05) is 248 Å². The first-order valence-electron chi connectivity index (χ1n) is 23.7. The number of aryl methyl sites for hydroxylation is 10. The normalized spacial score (nSPS) is 10.4. The highest BCUT2D eigenvalue weighted by Crippen LogP contribution is 2.29. The third-order valence-electron chi connectivity index (χ3n) is 11.4. The van der Waals surface area contributed by atoms with Crippen molar-refractivity contribution in [2.75, 3.05) is 0 Å². The fourth-order valence-corrected chi connectivity index (χ4v) is 6.92. The number of hydrogen-bond acceptors (Lipinski definition) is 0. The van der Waals surface area contributed by atoms with Crippen molar-refractivity contribution in [3.63, 3.8) is 0 Å². The molecular weight excluding hydrogens is 850 g/mol. The van der Waals surface area contributed by atoms with Crippen LogP contribution in [0.4, 0.5) is 13.2 Å². The van der Waals surface area contributed by atoms with Crippen LogP contribution in [0, 0.1) is 76.2 Å². The minimum Gasteiger partial charge on any atom is -0.166 e. The molecule has 0 unspecified atom stereocenters. The van der Waals surface area contributed by atoms with Crippen molar-refractivity contribution in [1.29, 1.82) is 0 Å². The van der Waals surface area contributed by atoms with E-state index in [0.29, 0.717) is 0 Å². The van der Waals surface area contributed by atoms with E-state index in [9.17, 15) is 13.2 Å². The molecule has 9 aromatic rings. The van der Waals surface area contributed by atoms with E-state index in [2.05, 4.69) is 248 Å². The lowest BCUT2D eigenvalue weighted by molar-refractivity contribution is -0.137. The Morgan fingerprint density at radius 3 is 1.09 bits per heavy atom. The zero-order chi connectivity index (χ0) is 51.1. The highest BCUT2D eigenvalue weighted by Gasteiger charge is 2.29. The van der Waals surface area contributed by atoms with E-state index in [0.717, 1.165) is 17.7 Å². The van der Waals surface area contributed by atoms with Gasteiger partial charge in [-0.15, -0.1) is 0 Å². The summed E-state index contributed by atoms with van der Waals surface area (Å²) in [7, 11) is 0. The number of fused-ring (bicyclic) bond motifs is 2. The average Bonchev–Trinajstić information content (AvgIpc) is 3.30. The quantitative estimate of drug-likeness (QED) is 0.142. The molecule has 0 saturated heterocycles. The molecule has 0 amide bonds. The van der Waals surface area contributed by atoms with Gasteiger partial charge < -0.3 is 0 Å². The monoisotopic (exact) mass is 925 g/mol. The van der Waals surface area contributed by atoms with E-state index >= 15 is 0 Å². The molecule has 0 spiro atoms. The highest BCUT2D eigenvalue weighted by atomic mass is 19.4. The highest BCUT2D eigenvalue weighted by molar-refractivity contribution is 5.85.